The molecule has 2 atom stereocenters. The molecule has 0 aliphatic carbocycles. The molecule has 5 rings (SSSR count). The minimum absolute atomic E-state index is 0.0936. The summed E-state index contributed by atoms with van der Waals surface area (Å²) in [5.41, 5.74) is 1.02. The van der Waals surface area contributed by atoms with Gasteiger partial charge in [-0.3, -0.25) is 4.90 Å². The van der Waals surface area contributed by atoms with Gasteiger partial charge in [-0.2, -0.15) is 22.1 Å². The fourth-order valence-electron chi connectivity index (χ4n) is 4.87. The normalized spacial score (nSPS) is 23.5. The molecule has 2 aliphatic heterocycles. The molecule has 3 heterocycles. The molecule has 0 spiro atoms. The smallest absolute Gasteiger partial charge is 0.282 e. The maximum Gasteiger partial charge on any atom is 0.282 e. The largest absolute Gasteiger partial charge is 0.373 e. The van der Waals surface area contributed by atoms with Crippen LogP contribution in [-0.4, -0.2) is 88.2 Å². The van der Waals surface area contributed by atoms with Crippen LogP contribution in [0.4, 0.5) is 0 Å². The first-order valence-corrected chi connectivity index (χ1v) is 13.2. The molecule has 0 radical (unpaired) electrons. The van der Waals surface area contributed by atoms with Crippen molar-refractivity contribution in [2.45, 2.75) is 39.6 Å². The lowest BCUT2D eigenvalue weighted by molar-refractivity contribution is -0.0458. The minimum Gasteiger partial charge on any atom is -0.373 e. The third kappa shape index (κ3) is 4.73. The third-order valence-electron chi connectivity index (χ3n) is 6.49. The van der Waals surface area contributed by atoms with Crippen molar-refractivity contribution in [1.82, 2.24) is 28.3 Å². The summed E-state index contributed by atoms with van der Waals surface area (Å²) in [5.74, 6) is 1.55. The SMILES string of the molecule is Cc1nc(-c2ccc3ccccc3c2)n(CN2CCN(S(=O)(=O)N3C[C@@H](C)O[C@H](C)C3)CC2)n1. The highest BCUT2D eigenvalue weighted by molar-refractivity contribution is 7.86. The van der Waals surface area contributed by atoms with E-state index in [-0.39, 0.29) is 12.2 Å². The maximum atomic E-state index is 13.2. The standard InChI is InChI=1S/C24H32N6O3S/c1-18-15-29(16-19(2)33-18)34(31,32)28-12-10-27(11-13-28)17-30-24(25-20(3)26-30)23-9-8-21-6-4-5-7-22(21)14-23/h4-9,14,18-19H,10-13,15-17H2,1-3H3/t18-,19-/m1/s1. The van der Waals surface area contributed by atoms with Crippen molar-refractivity contribution in [2.24, 2.45) is 0 Å². The van der Waals surface area contributed by atoms with Crippen LogP contribution >= 0.6 is 0 Å². The quantitative estimate of drug-likeness (QED) is 0.553. The Bertz CT molecular complexity index is 1260. The number of nitrogens with zero attached hydrogens (tertiary/aromatic N) is 6. The summed E-state index contributed by atoms with van der Waals surface area (Å²) in [7, 11) is -3.49. The van der Waals surface area contributed by atoms with E-state index in [0.29, 0.717) is 45.9 Å². The van der Waals surface area contributed by atoms with Gasteiger partial charge in [0.2, 0.25) is 0 Å². The van der Waals surface area contributed by atoms with Gasteiger partial charge in [0, 0.05) is 44.8 Å². The summed E-state index contributed by atoms with van der Waals surface area (Å²) in [6, 6.07) is 14.6. The number of rotatable bonds is 5. The van der Waals surface area contributed by atoms with Crippen LogP contribution in [0.25, 0.3) is 22.2 Å². The van der Waals surface area contributed by atoms with Gasteiger partial charge in [0.25, 0.3) is 10.2 Å². The average Bonchev–Trinajstić information content (AvgIpc) is 3.18. The molecule has 10 heteroatoms. The fourth-order valence-corrected chi connectivity index (χ4v) is 6.62. The first-order chi connectivity index (χ1) is 16.3. The zero-order valence-corrected chi connectivity index (χ0v) is 20.8. The molecular formula is C24H32N6O3S. The van der Waals surface area contributed by atoms with Crippen LogP contribution in [0, 0.1) is 6.92 Å². The molecule has 0 saturated carbocycles. The number of piperazine rings is 1. The van der Waals surface area contributed by atoms with Crippen LogP contribution in [0.5, 0.6) is 0 Å². The zero-order valence-electron chi connectivity index (χ0n) is 20.0. The van der Waals surface area contributed by atoms with Gasteiger partial charge in [0.05, 0.1) is 18.9 Å². The molecular weight excluding hydrogens is 452 g/mol. The van der Waals surface area contributed by atoms with E-state index in [1.807, 2.05) is 37.6 Å². The van der Waals surface area contributed by atoms with Gasteiger partial charge in [-0.25, -0.2) is 9.67 Å². The van der Waals surface area contributed by atoms with Crippen LogP contribution < -0.4 is 0 Å². The lowest BCUT2D eigenvalue weighted by atomic mass is 10.1. The Morgan fingerprint density at radius 2 is 1.62 bits per heavy atom. The van der Waals surface area contributed by atoms with E-state index in [1.54, 1.807) is 8.61 Å². The Kier molecular flexibility index (Phi) is 6.43. The fraction of sp³-hybridized carbons (Fsp3) is 0.500. The molecule has 34 heavy (non-hydrogen) atoms. The molecule has 0 N–H and O–H groups in total. The molecule has 2 fully saturated rings. The second-order valence-corrected chi connectivity index (χ2v) is 11.2. The number of hydrogen-bond acceptors (Lipinski definition) is 6. The number of hydrogen-bond donors (Lipinski definition) is 0. The molecule has 0 unspecified atom stereocenters. The van der Waals surface area contributed by atoms with E-state index < -0.39 is 10.2 Å². The summed E-state index contributed by atoms with van der Waals surface area (Å²) in [6.07, 6.45) is -0.187. The molecule has 1 aromatic heterocycles. The highest BCUT2D eigenvalue weighted by Gasteiger charge is 2.36. The van der Waals surface area contributed by atoms with Crippen molar-refractivity contribution in [1.29, 1.82) is 0 Å². The van der Waals surface area contributed by atoms with E-state index in [2.05, 4.69) is 45.3 Å². The first-order valence-electron chi connectivity index (χ1n) is 11.8. The Hall–Kier alpha value is -2.37. The van der Waals surface area contributed by atoms with E-state index >= 15 is 0 Å². The Balaban J connectivity index is 1.27. The topological polar surface area (TPSA) is 83.8 Å². The lowest BCUT2D eigenvalue weighted by Gasteiger charge is -2.40. The van der Waals surface area contributed by atoms with E-state index in [9.17, 15) is 8.42 Å². The number of aryl methyl sites for hydroxylation is 1. The van der Waals surface area contributed by atoms with Crippen molar-refractivity contribution in [3.05, 3.63) is 48.3 Å². The molecule has 0 amide bonds. The summed E-state index contributed by atoms with van der Waals surface area (Å²) in [6.45, 7) is 9.32. The van der Waals surface area contributed by atoms with Crippen LogP contribution in [0.1, 0.15) is 19.7 Å². The summed E-state index contributed by atoms with van der Waals surface area (Å²) < 4.78 is 37.2. The predicted octanol–water partition coefficient (Wildman–Crippen LogP) is 2.34. The van der Waals surface area contributed by atoms with Crippen LogP contribution in [0.2, 0.25) is 0 Å². The van der Waals surface area contributed by atoms with Gasteiger partial charge in [-0.1, -0.05) is 36.4 Å². The third-order valence-corrected chi connectivity index (χ3v) is 8.46. The molecule has 9 nitrogen and oxygen atoms in total. The molecule has 3 aromatic rings. The van der Waals surface area contributed by atoms with Gasteiger partial charge >= 0.3 is 0 Å². The van der Waals surface area contributed by atoms with E-state index in [1.165, 1.54) is 5.39 Å². The number of ether oxygens (including phenoxy) is 1. The average molecular weight is 485 g/mol. The van der Waals surface area contributed by atoms with Crippen LogP contribution in [0.15, 0.2) is 42.5 Å². The van der Waals surface area contributed by atoms with Gasteiger partial charge in [0.1, 0.15) is 5.82 Å². The maximum absolute atomic E-state index is 13.2. The lowest BCUT2D eigenvalue weighted by Crippen LogP contribution is -2.57. The van der Waals surface area contributed by atoms with Gasteiger partial charge in [-0.15, -0.1) is 0 Å². The Labute approximate surface area is 201 Å². The van der Waals surface area contributed by atoms with Gasteiger partial charge in [0.15, 0.2) is 5.82 Å². The Morgan fingerprint density at radius 3 is 2.32 bits per heavy atom. The number of aromatic nitrogens is 3. The zero-order chi connectivity index (χ0) is 23.9. The van der Waals surface area contributed by atoms with E-state index in [4.69, 9.17) is 4.74 Å². The Morgan fingerprint density at radius 1 is 0.941 bits per heavy atom. The molecule has 0 bridgehead atoms. The van der Waals surface area contributed by atoms with Crippen molar-refractivity contribution in [3.8, 4) is 11.4 Å². The second kappa shape index (κ2) is 9.35. The van der Waals surface area contributed by atoms with Crippen molar-refractivity contribution in [3.63, 3.8) is 0 Å². The highest BCUT2D eigenvalue weighted by atomic mass is 32.2. The van der Waals surface area contributed by atoms with Crippen LogP contribution in [-0.2, 0) is 21.6 Å². The van der Waals surface area contributed by atoms with Gasteiger partial charge < -0.3 is 4.74 Å². The number of benzene rings is 2. The van der Waals surface area contributed by atoms with Crippen molar-refractivity contribution >= 4 is 21.0 Å². The first kappa shape index (κ1) is 23.4. The van der Waals surface area contributed by atoms with Crippen molar-refractivity contribution < 1.29 is 13.2 Å². The molecule has 2 aromatic carbocycles. The molecule has 182 valence electrons. The summed E-state index contributed by atoms with van der Waals surface area (Å²) in [4.78, 5) is 6.91. The van der Waals surface area contributed by atoms with E-state index in [0.717, 1.165) is 22.6 Å². The summed E-state index contributed by atoms with van der Waals surface area (Å²) in [5, 5.41) is 6.98. The van der Waals surface area contributed by atoms with Gasteiger partial charge in [-0.05, 0) is 37.6 Å². The van der Waals surface area contributed by atoms with Crippen LogP contribution in [0.3, 0.4) is 0 Å². The minimum atomic E-state index is -3.49. The molecule has 2 aliphatic rings. The monoisotopic (exact) mass is 484 g/mol. The molecule has 2 saturated heterocycles. The summed E-state index contributed by atoms with van der Waals surface area (Å²) >= 11 is 0. The van der Waals surface area contributed by atoms with Crippen molar-refractivity contribution in [2.75, 3.05) is 39.3 Å². The predicted molar refractivity (Wildman–Crippen MR) is 131 cm³/mol. The highest BCUT2D eigenvalue weighted by Crippen LogP contribution is 2.24. The number of morpholine rings is 1. The number of fused-ring (bicyclic) bond motifs is 1. The second-order valence-electron chi connectivity index (χ2n) is 9.28.